The van der Waals surface area contributed by atoms with Gasteiger partial charge in [-0.05, 0) is 43.0 Å². The molecule has 132 valence electrons. The van der Waals surface area contributed by atoms with E-state index in [1.54, 1.807) is 4.90 Å². The Hall–Kier alpha value is -2.70. The molecule has 1 saturated heterocycles. The standard InChI is InChI=1S/C18H18F2N2O3/c1-25-16-9-17(23)21-10-14(16)18(24)22-6-2-3-13(22)8-11-7-12(19)4-5-15(11)20/h4-5,7,9-10,13H,2-3,6,8H2,1H3,(H,21,23). The SMILES string of the molecule is COc1cc(=O)[nH]cc1C(=O)N1CCCC1Cc1cc(F)ccc1F. The summed E-state index contributed by atoms with van der Waals surface area (Å²) in [4.78, 5) is 28.3. The van der Waals surface area contributed by atoms with Crippen LogP contribution in [0.1, 0.15) is 28.8 Å². The molecule has 0 saturated carbocycles. The van der Waals surface area contributed by atoms with Gasteiger partial charge in [-0.3, -0.25) is 9.59 Å². The minimum Gasteiger partial charge on any atom is -0.496 e. The van der Waals surface area contributed by atoms with Crippen molar-refractivity contribution in [2.24, 2.45) is 0 Å². The third-order valence-electron chi connectivity index (χ3n) is 4.44. The minimum atomic E-state index is -0.505. The second kappa shape index (κ2) is 7.04. The number of pyridine rings is 1. The fourth-order valence-electron chi connectivity index (χ4n) is 3.21. The molecule has 1 unspecified atom stereocenters. The molecule has 1 amide bonds. The molecule has 0 bridgehead atoms. The summed E-state index contributed by atoms with van der Waals surface area (Å²) in [5.74, 6) is -1.10. The van der Waals surface area contributed by atoms with E-state index in [0.29, 0.717) is 13.0 Å². The molecule has 5 nitrogen and oxygen atoms in total. The lowest BCUT2D eigenvalue weighted by atomic mass is 10.0. The zero-order chi connectivity index (χ0) is 18.0. The average Bonchev–Trinajstić information content (AvgIpc) is 3.05. The Bertz CT molecular complexity index is 850. The van der Waals surface area contributed by atoms with E-state index in [0.717, 1.165) is 24.6 Å². The smallest absolute Gasteiger partial charge is 0.259 e. The summed E-state index contributed by atoms with van der Waals surface area (Å²) < 4.78 is 32.4. The largest absolute Gasteiger partial charge is 0.496 e. The van der Waals surface area contributed by atoms with Crippen LogP contribution >= 0.6 is 0 Å². The summed E-state index contributed by atoms with van der Waals surface area (Å²) in [6.07, 6.45) is 3.04. The van der Waals surface area contributed by atoms with E-state index >= 15 is 0 Å². The number of nitrogens with zero attached hydrogens (tertiary/aromatic N) is 1. The normalized spacial score (nSPS) is 16.9. The number of aromatic amines is 1. The van der Waals surface area contributed by atoms with E-state index in [4.69, 9.17) is 4.74 Å². The van der Waals surface area contributed by atoms with Gasteiger partial charge in [-0.2, -0.15) is 0 Å². The number of aromatic nitrogens is 1. The van der Waals surface area contributed by atoms with Crippen LogP contribution in [-0.2, 0) is 6.42 Å². The summed E-state index contributed by atoms with van der Waals surface area (Å²) in [5.41, 5.74) is 0.125. The molecule has 0 radical (unpaired) electrons. The Morgan fingerprint density at radius 3 is 2.92 bits per heavy atom. The molecular formula is C18H18F2N2O3. The van der Waals surface area contributed by atoms with Gasteiger partial charge < -0.3 is 14.6 Å². The number of ether oxygens (including phenoxy) is 1. The molecular weight excluding hydrogens is 330 g/mol. The van der Waals surface area contributed by atoms with Crippen LogP contribution in [0.15, 0.2) is 35.3 Å². The zero-order valence-corrected chi connectivity index (χ0v) is 13.7. The lowest BCUT2D eigenvalue weighted by Gasteiger charge is -2.25. The summed E-state index contributed by atoms with van der Waals surface area (Å²) in [7, 11) is 1.38. The van der Waals surface area contributed by atoms with E-state index in [9.17, 15) is 18.4 Å². The third-order valence-corrected chi connectivity index (χ3v) is 4.44. The number of nitrogens with one attached hydrogen (secondary N) is 1. The number of methoxy groups -OCH3 is 1. The number of halogens is 2. The van der Waals surface area contributed by atoms with Crippen molar-refractivity contribution in [1.29, 1.82) is 0 Å². The van der Waals surface area contributed by atoms with Crippen molar-refractivity contribution in [1.82, 2.24) is 9.88 Å². The molecule has 1 aromatic carbocycles. The van der Waals surface area contributed by atoms with Gasteiger partial charge in [0.15, 0.2) is 0 Å². The first-order valence-corrected chi connectivity index (χ1v) is 8.01. The lowest BCUT2D eigenvalue weighted by Crippen LogP contribution is -2.37. The summed E-state index contributed by atoms with van der Waals surface area (Å²) >= 11 is 0. The van der Waals surface area contributed by atoms with Crippen LogP contribution in [-0.4, -0.2) is 35.5 Å². The molecule has 25 heavy (non-hydrogen) atoms. The van der Waals surface area contributed by atoms with Gasteiger partial charge in [0.05, 0.1) is 12.7 Å². The number of hydrogen-bond donors (Lipinski definition) is 1. The summed E-state index contributed by atoms with van der Waals surface area (Å²) in [6.45, 7) is 0.517. The Labute approximate surface area is 143 Å². The molecule has 1 aliphatic rings. The van der Waals surface area contributed by atoms with E-state index < -0.39 is 11.6 Å². The van der Waals surface area contributed by atoms with Gasteiger partial charge >= 0.3 is 0 Å². The molecule has 1 aliphatic heterocycles. The van der Waals surface area contributed by atoms with E-state index in [1.165, 1.54) is 19.4 Å². The van der Waals surface area contributed by atoms with Gasteiger partial charge in [-0.15, -0.1) is 0 Å². The Kier molecular flexibility index (Phi) is 4.83. The maximum atomic E-state index is 13.9. The van der Waals surface area contributed by atoms with Crippen molar-refractivity contribution < 1.29 is 18.3 Å². The molecule has 0 aliphatic carbocycles. The van der Waals surface area contributed by atoms with Crippen LogP contribution in [0.2, 0.25) is 0 Å². The third kappa shape index (κ3) is 3.55. The van der Waals surface area contributed by atoms with Crippen molar-refractivity contribution in [2.75, 3.05) is 13.7 Å². The van der Waals surface area contributed by atoms with E-state index in [-0.39, 0.29) is 40.8 Å². The highest BCUT2D eigenvalue weighted by molar-refractivity contribution is 5.97. The monoisotopic (exact) mass is 348 g/mol. The van der Waals surface area contributed by atoms with Crippen molar-refractivity contribution in [3.63, 3.8) is 0 Å². The number of carbonyl (C=O) groups is 1. The summed E-state index contributed by atoms with van der Waals surface area (Å²) in [5, 5.41) is 0. The molecule has 1 fully saturated rings. The first kappa shape index (κ1) is 17.1. The highest BCUT2D eigenvalue weighted by atomic mass is 19.1. The van der Waals surface area contributed by atoms with Crippen molar-refractivity contribution in [3.8, 4) is 5.75 Å². The van der Waals surface area contributed by atoms with Crippen LogP contribution in [0.5, 0.6) is 5.75 Å². The van der Waals surface area contributed by atoms with Crippen LogP contribution in [0.4, 0.5) is 8.78 Å². The van der Waals surface area contributed by atoms with Crippen molar-refractivity contribution >= 4 is 5.91 Å². The molecule has 0 spiro atoms. The van der Waals surface area contributed by atoms with Gasteiger partial charge in [-0.25, -0.2) is 8.78 Å². The number of carbonyl (C=O) groups excluding carboxylic acids is 1. The molecule has 1 atom stereocenters. The molecule has 3 rings (SSSR count). The Balaban J connectivity index is 1.85. The highest BCUT2D eigenvalue weighted by Gasteiger charge is 2.31. The first-order chi connectivity index (χ1) is 12.0. The predicted octanol–water partition coefficient (Wildman–Crippen LogP) is 2.51. The molecule has 7 heteroatoms. The second-order valence-corrected chi connectivity index (χ2v) is 6.01. The van der Waals surface area contributed by atoms with Crippen molar-refractivity contribution in [2.45, 2.75) is 25.3 Å². The van der Waals surface area contributed by atoms with E-state index in [1.807, 2.05) is 0 Å². The number of likely N-dealkylation sites (tertiary alicyclic amines) is 1. The van der Waals surface area contributed by atoms with Gasteiger partial charge in [0, 0.05) is 24.8 Å². The first-order valence-electron chi connectivity index (χ1n) is 8.01. The Morgan fingerprint density at radius 2 is 2.16 bits per heavy atom. The fourth-order valence-corrected chi connectivity index (χ4v) is 3.21. The number of amides is 1. The van der Waals surface area contributed by atoms with E-state index in [2.05, 4.69) is 4.98 Å². The second-order valence-electron chi connectivity index (χ2n) is 6.01. The lowest BCUT2D eigenvalue weighted by molar-refractivity contribution is 0.0732. The van der Waals surface area contributed by atoms with Crippen LogP contribution in [0, 0.1) is 11.6 Å². The molecule has 1 N–H and O–H groups in total. The summed E-state index contributed by atoms with van der Waals surface area (Å²) in [6, 6.07) is 4.31. The quantitative estimate of drug-likeness (QED) is 0.923. The number of rotatable bonds is 4. The zero-order valence-electron chi connectivity index (χ0n) is 13.7. The number of hydrogen-bond acceptors (Lipinski definition) is 3. The number of benzene rings is 1. The fraction of sp³-hybridized carbons (Fsp3) is 0.333. The maximum absolute atomic E-state index is 13.9. The molecule has 2 heterocycles. The molecule has 1 aromatic heterocycles. The van der Waals surface area contributed by atoms with Gasteiger partial charge in [-0.1, -0.05) is 0 Å². The van der Waals surface area contributed by atoms with Gasteiger partial charge in [0.1, 0.15) is 17.4 Å². The average molecular weight is 348 g/mol. The number of H-pyrrole nitrogens is 1. The highest BCUT2D eigenvalue weighted by Crippen LogP contribution is 2.26. The van der Waals surface area contributed by atoms with Crippen molar-refractivity contribution in [3.05, 3.63) is 63.6 Å². The van der Waals surface area contributed by atoms with Crippen LogP contribution in [0.25, 0.3) is 0 Å². The topological polar surface area (TPSA) is 62.4 Å². The van der Waals surface area contributed by atoms with Crippen LogP contribution < -0.4 is 10.3 Å². The molecule has 2 aromatic rings. The van der Waals surface area contributed by atoms with Crippen LogP contribution in [0.3, 0.4) is 0 Å². The Morgan fingerprint density at radius 1 is 1.36 bits per heavy atom. The predicted molar refractivity (Wildman–Crippen MR) is 87.7 cm³/mol. The van der Waals surface area contributed by atoms with Gasteiger partial charge in [0.2, 0.25) is 0 Å². The van der Waals surface area contributed by atoms with Gasteiger partial charge in [0.25, 0.3) is 11.5 Å². The minimum absolute atomic E-state index is 0.191. The maximum Gasteiger partial charge on any atom is 0.259 e.